The molecule has 7 aromatic carbocycles. The van der Waals surface area contributed by atoms with E-state index in [1.807, 2.05) is 0 Å². The van der Waals surface area contributed by atoms with E-state index in [9.17, 15) is 0 Å². The third-order valence-corrected chi connectivity index (χ3v) is 13.5. The average molecular weight is 689 g/mol. The van der Waals surface area contributed by atoms with E-state index in [1.165, 1.54) is 102 Å². The van der Waals surface area contributed by atoms with Crippen LogP contribution in [-0.2, 0) is 5.41 Å². The van der Waals surface area contributed by atoms with Gasteiger partial charge in [0.1, 0.15) is 11.2 Å². The molecule has 13 rings (SSSR count). The van der Waals surface area contributed by atoms with Crippen molar-refractivity contribution in [3.05, 3.63) is 202 Å². The molecule has 8 aromatic rings. The van der Waals surface area contributed by atoms with Gasteiger partial charge >= 0.3 is 0 Å². The van der Waals surface area contributed by atoms with Gasteiger partial charge in [0.2, 0.25) is 0 Å². The van der Waals surface area contributed by atoms with E-state index in [2.05, 4.69) is 170 Å². The number of rotatable bonds is 4. The minimum absolute atomic E-state index is 0.494. The normalized spacial score (nSPS) is 21.6. The Bertz CT molecular complexity index is 2900. The van der Waals surface area contributed by atoms with Crippen molar-refractivity contribution in [3.63, 3.8) is 0 Å². The van der Waals surface area contributed by atoms with E-state index in [0.29, 0.717) is 23.7 Å². The molecule has 1 heterocycles. The van der Waals surface area contributed by atoms with Crippen molar-refractivity contribution >= 4 is 34.1 Å². The van der Waals surface area contributed by atoms with Gasteiger partial charge in [-0.25, -0.2) is 0 Å². The Balaban J connectivity index is 1.14. The minimum atomic E-state index is -0.494. The van der Waals surface area contributed by atoms with Crippen LogP contribution >= 0.6 is 0 Å². The second-order valence-electron chi connectivity index (χ2n) is 16.3. The van der Waals surface area contributed by atoms with Gasteiger partial charge in [-0.1, -0.05) is 146 Å². The molecule has 0 bridgehead atoms. The van der Waals surface area contributed by atoms with Gasteiger partial charge in [-0.3, -0.25) is 0 Å². The molecule has 254 valence electrons. The molecule has 1 aromatic heterocycles. The number of fused-ring (bicyclic) bond motifs is 14. The molecule has 0 N–H and O–H groups in total. The Kier molecular flexibility index (Phi) is 5.69. The highest BCUT2D eigenvalue weighted by Gasteiger charge is 2.53. The van der Waals surface area contributed by atoms with Gasteiger partial charge in [0.05, 0.1) is 5.41 Å². The van der Waals surface area contributed by atoms with E-state index in [-0.39, 0.29) is 0 Å². The highest BCUT2D eigenvalue weighted by molar-refractivity contribution is 6.10. The molecule has 5 aliphatic rings. The number of hydrogen-bond acceptors (Lipinski definition) is 1. The van der Waals surface area contributed by atoms with Crippen molar-refractivity contribution in [2.75, 3.05) is 0 Å². The molecule has 0 radical (unpaired) electrons. The summed E-state index contributed by atoms with van der Waals surface area (Å²) in [7, 11) is 0. The fourth-order valence-electron chi connectivity index (χ4n) is 10.8. The van der Waals surface area contributed by atoms with Crippen LogP contribution in [0.3, 0.4) is 0 Å². The van der Waals surface area contributed by atoms with Crippen LogP contribution in [0.1, 0.15) is 69.2 Å². The van der Waals surface area contributed by atoms with Crippen LogP contribution in [0.15, 0.2) is 162 Å². The van der Waals surface area contributed by atoms with E-state index in [0.717, 1.165) is 11.2 Å². The van der Waals surface area contributed by atoms with E-state index < -0.39 is 5.41 Å². The topological polar surface area (TPSA) is 13.1 Å². The predicted molar refractivity (Wildman–Crippen MR) is 222 cm³/mol. The molecule has 2 fully saturated rings. The molecule has 0 spiro atoms. The van der Waals surface area contributed by atoms with Crippen LogP contribution in [-0.4, -0.2) is 0 Å². The van der Waals surface area contributed by atoms with Gasteiger partial charge in [-0.2, -0.15) is 0 Å². The molecular formula is C53H36O. The molecule has 4 unspecified atom stereocenters. The van der Waals surface area contributed by atoms with Crippen LogP contribution in [0.5, 0.6) is 0 Å². The van der Waals surface area contributed by atoms with Gasteiger partial charge in [0, 0.05) is 16.3 Å². The van der Waals surface area contributed by atoms with Crippen molar-refractivity contribution in [1.82, 2.24) is 0 Å². The Morgan fingerprint density at radius 3 is 2.02 bits per heavy atom. The maximum absolute atomic E-state index is 6.88. The van der Waals surface area contributed by atoms with Crippen molar-refractivity contribution in [2.45, 2.75) is 30.1 Å². The Labute approximate surface area is 314 Å². The average Bonchev–Trinajstić information content (AvgIpc) is 4.15. The second-order valence-corrected chi connectivity index (χ2v) is 16.3. The maximum Gasteiger partial charge on any atom is 0.142 e. The molecule has 0 amide bonds. The van der Waals surface area contributed by atoms with E-state index in [1.54, 1.807) is 0 Å². The fourth-order valence-corrected chi connectivity index (χ4v) is 10.8. The quantitative estimate of drug-likeness (QED) is 0.179. The second kappa shape index (κ2) is 10.5. The van der Waals surface area contributed by atoms with Crippen LogP contribution in [0, 0.1) is 11.8 Å². The third-order valence-electron chi connectivity index (χ3n) is 13.5. The fraction of sp³-hybridized carbons (Fsp3) is 0.132. The minimum Gasteiger partial charge on any atom is -0.455 e. The Hall–Kier alpha value is -6.18. The van der Waals surface area contributed by atoms with Crippen molar-refractivity contribution in [3.8, 4) is 33.4 Å². The van der Waals surface area contributed by atoms with E-state index >= 15 is 0 Å². The monoisotopic (exact) mass is 688 g/mol. The van der Waals surface area contributed by atoms with Crippen molar-refractivity contribution in [1.29, 1.82) is 0 Å². The summed E-state index contributed by atoms with van der Waals surface area (Å²) in [6, 6.07) is 55.0. The summed E-state index contributed by atoms with van der Waals surface area (Å²) in [6.45, 7) is 0. The molecule has 1 nitrogen and oxygen atoms in total. The molecule has 2 saturated carbocycles. The van der Waals surface area contributed by atoms with Crippen LogP contribution in [0.2, 0.25) is 0 Å². The SMILES string of the molecule is C1=CC2CC2c2c1cc(-c1ccc3c(c1)oc1c4c(ccc13)C1CC1C=C4)c1c2C(c2ccccc2)(c2ccccc2)c2cc(-c3ccccc3)ccc2-1. The van der Waals surface area contributed by atoms with Crippen molar-refractivity contribution < 1.29 is 4.42 Å². The number of benzene rings is 7. The van der Waals surface area contributed by atoms with Crippen molar-refractivity contribution in [2.24, 2.45) is 11.8 Å². The molecule has 4 atom stereocenters. The first-order valence-corrected chi connectivity index (χ1v) is 19.6. The first-order chi connectivity index (χ1) is 26.8. The molecule has 0 saturated heterocycles. The third kappa shape index (κ3) is 3.84. The van der Waals surface area contributed by atoms with Crippen LogP contribution in [0.25, 0.3) is 67.5 Å². The smallest absolute Gasteiger partial charge is 0.142 e. The Morgan fingerprint density at radius 2 is 1.22 bits per heavy atom. The maximum atomic E-state index is 6.88. The zero-order valence-electron chi connectivity index (χ0n) is 29.8. The number of hydrogen-bond donors (Lipinski definition) is 0. The summed E-state index contributed by atoms with van der Waals surface area (Å²) in [5, 5.41) is 2.40. The van der Waals surface area contributed by atoms with Gasteiger partial charge in [0.15, 0.2) is 0 Å². The van der Waals surface area contributed by atoms with Gasteiger partial charge in [-0.15, -0.1) is 0 Å². The van der Waals surface area contributed by atoms with Crippen LogP contribution < -0.4 is 0 Å². The summed E-state index contributed by atoms with van der Waals surface area (Å²) >= 11 is 0. The van der Waals surface area contributed by atoms with E-state index in [4.69, 9.17) is 4.42 Å². The predicted octanol–water partition coefficient (Wildman–Crippen LogP) is 13.5. The lowest BCUT2D eigenvalue weighted by Crippen LogP contribution is -2.30. The first kappa shape index (κ1) is 29.3. The summed E-state index contributed by atoms with van der Waals surface area (Å²) in [5.41, 5.74) is 20.2. The number of furan rings is 1. The molecule has 0 aliphatic heterocycles. The molecule has 1 heteroatoms. The summed E-state index contributed by atoms with van der Waals surface area (Å²) in [5.74, 6) is 2.51. The summed E-state index contributed by atoms with van der Waals surface area (Å²) in [6.07, 6.45) is 12.1. The van der Waals surface area contributed by atoms with Gasteiger partial charge in [0.25, 0.3) is 0 Å². The summed E-state index contributed by atoms with van der Waals surface area (Å²) < 4.78 is 6.88. The lowest BCUT2D eigenvalue weighted by Gasteiger charge is -2.36. The zero-order chi connectivity index (χ0) is 35.1. The molecule has 5 aliphatic carbocycles. The lowest BCUT2D eigenvalue weighted by molar-refractivity contribution is 0.667. The van der Waals surface area contributed by atoms with Crippen LogP contribution in [0.4, 0.5) is 0 Å². The lowest BCUT2D eigenvalue weighted by atomic mass is 9.65. The number of allylic oxidation sites excluding steroid dienone is 2. The molecule has 54 heavy (non-hydrogen) atoms. The first-order valence-electron chi connectivity index (χ1n) is 19.6. The molecular weight excluding hydrogens is 653 g/mol. The summed E-state index contributed by atoms with van der Waals surface area (Å²) in [4.78, 5) is 0. The Morgan fingerprint density at radius 1 is 0.537 bits per heavy atom. The highest BCUT2D eigenvalue weighted by Crippen LogP contribution is 2.65. The zero-order valence-corrected chi connectivity index (χ0v) is 29.8. The highest BCUT2D eigenvalue weighted by atomic mass is 16.3. The standard InChI is InChI=1S/C53H36O/c1-4-10-31(11-5-1)32-18-23-43-47(29-32)53(37-12-6-2-7-13-37,38-14-8-3-9-15-38)51-49-36(17-16-34-27-45(34)49)28-46(50(43)51)35-19-21-40-42-25-24-39-41(22-20-33-26-44(33)39)52(42)54-48(40)30-35/h1-25,28-30,33-34,44-45H,26-27H2. The largest absolute Gasteiger partial charge is 0.455 e. The van der Waals surface area contributed by atoms with Gasteiger partial charge in [-0.05, 0) is 133 Å². The van der Waals surface area contributed by atoms with Gasteiger partial charge < -0.3 is 4.42 Å².